The van der Waals surface area contributed by atoms with Crippen LogP contribution < -0.4 is 16.4 Å². The molecule has 1 aromatic heterocycles. The van der Waals surface area contributed by atoms with Gasteiger partial charge in [0.15, 0.2) is 0 Å². The third kappa shape index (κ3) is 1.91. The van der Waals surface area contributed by atoms with Crippen molar-refractivity contribution >= 4 is 44.9 Å². The van der Waals surface area contributed by atoms with Crippen LogP contribution in [0.5, 0.6) is 0 Å². The molecule has 0 radical (unpaired) electrons. The van der Waals surface area contributed by atoms with Crippen molar-refractivity contribution in [2.24, 2.45) is 0 Å². The van der Waals surface area contributed by atoms with E-state index in [0.29, 0.717) is 6.71 Å². The lowest BCUT2D eigenvalue weighted by Crippen LogP contribution is -2.53. The molecule has 0 aliphatic carbocycles. The molecule has 2 aliphatic rings. The predicted molar refractivity (Wildman–Crippen MR) is 136 cm³/mol. The second-order valence-electron chi connectivity index (χ2n) is 8.94. The summed E-state index contributed by atoms with van der Waals surface area (Å²) in [5.74, 6) is 0. The number of rotatable bonds is 1. The molecule has 0 saturated carbocycles. The topological polar surface area (TPSA) is 4.93 Å². The van der Waals surface area contributed by atoms with Crippen LogP contribution in [0.3, 0.4) is 0 Å². The van der Waals surface area contributed by atoms with E-state index in [1.807, 2.05) is 0 Å². The molecule has 1 nitrogen and oxygen atoms in total. The first-order valence-corrected chi connectivity index (χ1v) is 11.3. The first-order valence-electron chi connectivity index (χ1n) is 11.3. The van der Waals surface area contributed by atoms with E-state index in [0.717, 1.165) is 0 Å². The molecule has 5 aromatic carbocycles. The molecular formula is C30H18BN. The summed E-state index contributed by atoms with van der Waals surface area (Å²) in [7, 11) is 0. The van der Waals surface area contributed by atoms with Crippen LogP contribution in [-0.2, 0) is 0 Å². The van der Waals surface area contributed by atoms with Crippen LogP contribution >= 0.6 is 0 Å². The Hall–Kier alpha value is -4.04. The molecule has 0 bridgehead atoms. The Balaban J connectivity index is 1.55. The van der Waals surface area contributed by atoms with Crippen molar-refractivity contribution in [3.63, 3.8) is 0 Å². The molecule has 2 aliphatic heterocycles. The Labute approximate surface area is 186 Å². The van der Waals surface area contributed by atoms with Crippen LogP contribution in [0.4, 0.5) is 0 Å². The van der Waals surface area contributed by atoms with Gasteiger partial charge < -0.3 is 4.57 Å². The minimum atomic E-state index is 0.312. The molecule has 0 unspecified atom stereocenters. The maximum atomic E-state index is 2.52. The van der Waals surface area contributed by atoms with Crippen LogP contribution in [-0.4, -0.2) is 11.3 Å². The predicted octanol–water partition coefficient (Wildman–Crippen LogP) is 5.26. The van der Waals surface area contributed by atoms with Gasteiger partial charge in [0.1, 0.15) is 0 Å². The summed E-state index contributed by atoms with van der Waals surface area (Å²) >= 11 is 0. The van der Waals surface area contributed by atoms with Crippen LogP contribution in [0.25, 0.3) is 49.7 Å². The van der Waals surface area contributed by atoms with Crippen LogP contribution in [0.1, 0.15) is 0 Å². The molecule has 6 aromatic rings. The lowest BCUT2D eigenvalue weighted by atomic mass is 9.37. The zero-order valence-corrected chi connectivity index (χ0v) is 17.4. The van der Waals surface area contributed by atoms with Gasteiger partial charge in [-0.2, -0.15) is 0 Å². The van der Waals surface area contributed by atoms with Crippen molar-refractivity contribution < 1.29 is 0 Å². The summed E-state index contributed by atoms with van der Waals surface area (Å²) in [4.78, 5) is 0. The Morgan fingerprint density at radius 2 is 1.31 bits per heavy atom. The highest BCUT2D eigenvalue weighted by atomic mass is 15.0. The van der Waals surface area contributed by atoms with Gasteiger partial charge in [-0.05, 0) is 45.3 Å². The minimum Gasteiger partial charge on any atom is -0.310 e. The fourth-order valence-electron chi connectivity index (χ4n) is 6.15. The van der Waals surface area contributed by atoms with Crippen LogP contribution in [0, 0.1) is 0 Å². The van der Waals surface area contributed by atoms with Crippen molar-refractivity contribution in [1.29, 1.82) is 0 Å². The van der Waals surface area contributed by atoms with Gasteiger partial charge in [0.2, 0.25) is 6.71 Å². The average Bonchev–Trinajstić information content (AvgIpc) is 3.38. The number of nitrogens with zero attached hydrogens (tertiary/aromatic N) is 1. The van der Waals surface area contributed by atoms with Crippen molar-refractivity contribution in [2.45, 2.75) is 0 Å². The molecule has 0 spiro atoms. The third-order valence-electron chi connectivity index (χ3n) is 7.41. The first kappa shape index (κ1) is 16.6. The van der Waals surface area contributed by atoms with Gasteiger partial charge in [-0.1, -0.05) is 103 Å². The summed E-state index contributed by atoms with van der Waals surface area (Å²) in [6, 6.07) is 40.3. The summed E-state index contributed by atoms with van der Waals surface area (Å²) in [6.45, 7) is 0.312. The second-order valence-corrected chi connectivity index (χ2v) is 8.94. The summed E-state index contributed by atoms with van der Waals surface area (Å²) in [6.07, 6.45) is 0. The van der Waals surface area contributed by atoms with Gasteiger partial charge in [0.05, 0.1) is 5.52 Å². The van der Waals surface area contributed by atoms with E-state index in [-0.39, 0.29) is 0 Å². The maximum absolute atomic E-state index is 2.52. The van der Waals surface area contributed by atoms with Crippen LogP contribution in [0.15, 0.2) is 109 Å². The summed E-state index contributed by atoms with van der Waals surface area (Å²) < 4.78 is 2.52. The SMILES string of the molecule is c1ccc(-c2ccc3c4cccc5c4n(c3c2)-c2cccc3c2B5c2ccccc2-3)cc1. The van der Waals surface area contributed by atoms with Crippen molar-refractivity contribution in [1.82, 2.24) is 4.57 Å². The molecule has 0 N–H and O–H groups in total. The number of para-hydroxylation sites is 1. The molecule has 146 valence electrons. The Morgan fingerprint density at radius 1 is 0.531 bits per heavy atom. The smallest absolute Gasteiger partial charge is 0.248 e. The van der Waals surface area contributed by atoms with E-state index in [4.69, 9.17) is 0 Å². The largest absolute Gasteiger partial charge is 0.310 e. The maximum Gasteiger partial charge on any atom is 0.248 e. The van der Waals surface area contributed by atoms with Gasteiger partial charge in [-0.3, -0.25) is 0 Å². The standard InChI is InChI=1S/C30H18BN/c1-2-8-19(9-3-1)20-16-17-22-24-12-6-14-26-30(24)32(28(22)18-20)27-15-7-11-23-21-10-4-5-13-25(21)31(26)29(23)27/h1-18H. The number of aromatic nitrogens is 1. The highest BCUT2D eigenvalue weighted by Gasteiger charge is 2.40. The Kier molecular flexibility index (Phi) is 3.02. The number of hydrogen-bond acceptors (Lipinski definition) is 0. The molecule has 8 rings (SSSR count). The zero-order chi connectivity index (χ0) is 20.8. The minimum absolute atomic E-state index is 0.312. The molecule has 2 heteroatoms. The van der Waals surface area contributed by atoms with Gasteiger partial charge in [-0.15, -0.1) is 0 Å². The van der Waals surface area contributed by atoms with Crippen LogP contribution in [0.2, 0.25) is 0 Å². The lowest BCUT2D eigenvalue weighted by Gasteiger charge is -2.24. The number of hydrogen-bond donors (Lipinski definition) is 0. The van der Waals surface area contributed by atoms with E-state index < -0.39 is 0 Å². The van der Waals surface area contributed by atoms with E-state index in [1.165, 1.54) is 66.1 Å². The normalized spacial score (nSPS) is 12.9. The third-order valence-corrected chi connectivity index (χ3v) is 7.41. The second kappa shape index (κ2) is 5.80. The summed E-state index contributed by atoms with van der Waals surface area (Å²) in [5, 5.41) is 2.67. The van der Waals surface area contributed by atoms with Crippen molar-refractivity contribution in [3.8, 4) is 27.9 Å². The number of benzene rings is 5. The monoisotopic (exact) mass is 403 g/mol. The van der Waals surface area contributed by atoms with E-state index in [9.17, 15) is 0 Å². The first-order chi connectivity index (χ1) is 15.9. The highest BCUT2D eigenvalue weighted by Crippen LogP contribution is 2.38. The Morgan fingerprint density at radius 3 is 2.25 bits per heavy atom. The lowest BCUT2D eigenvalue weighted by molar-refractivity contribution is 1.19. The quantitative estimate of drug-likeness (QED) is 0.330. The van der Waals surface area contributed by atoms with E-state index in [2.05, 4.69) is 114 Å². The fourth-order valence-corrected chi connectivity index (χ4v) is 6.15. The molecule has 3 heterocycles. The average molecular weight is 403 g/mol. The van der Waals surface area contributed by atoms with Gasteiger partial charge in [0, 0.05) is 22.0 Å². The molecule has 0 atom stereocenters. The van der Waals surface area contributed by atoms with Crippen molar-refractivity contribution in [2.75, 3.05) is 0 Å². The molecule has 0 fully saturated rings. The van der Waals surface area contributed by atoms with Crippen molar-refractivity contribution in [3.05, 3.63) is 109 Å². The molecule has 0 amide bonds. The summed E-state index contributed by atoms with van der Waals surface area (Å²) in [5.41, 5.74) is 13.6. The number of fused-ring (bicyclic) bond motifs is 8. The Bertz CT molecular complexity index is 1730. The van der Waals surface area contributed by atoms with Gasteiger partial charge >= 0.3 is 0 Å². The highest BCUT2D eigenvalue weighted by molar-refractivity contribution is 7.01. The van der Waals surface area contributed by atoms with E-state index >= 15 is 0 Å². The van der Waals surface area contributed by atoms with Gasteiger partial charge in [-0.25, -0.2) is 0 Å². The fraction of sp³-hybridized carbons (Fsp3) is 0. The van der Waals surface area contributed by atoms with E-state index in [1.54, 1.807) is 0 Å². The molecule has 32 heavy (non-hydrogen) atoms. The zero-order valence-electron chi connectivity index (χ0n) is 17.4. The molecule has 0 saturated heterocycles. The molecular weight excluding hydrogens is 385 g/mol. The van der Waals surface area contributed by atoms with Gasteiger partial charge in [0.25, 0.3) is 0 Å².